The molecule has 0 unspecified atom stereocenters. The first-order chi connectivity index (χ1) is 19.3. The Morgan fingerprint density at radius 1 is 0.881 bits per heavy atom. The third-order valence-electron chi connectivity index (χ3n) is 5.35. The zero-order valence-corrected chi connectivity index (χ0v) is 22.0. The number of anilines is 1. The van der Waals surface area contributed by atoms with Crippen molar-refractivity contribution in [3.05, 3.63) is 36.0 Å². The average molecular weight is 636 g/mol. The van der Waals surface area contributed by atoms with Crippen molar-refractivity contribution in [2.45, 2.75) is 25.6 Å². The van der Waals surface area contributed by atoms with Crippen LogP contribution in [-0.4, -0.2) is 88.5 Å². The molecule has 0 spiro atoms. The highest BCUT2D eigenvalue weighted by atomic mass is 32.1. The molecule has 0 amide bonds. The molecule has 1 aliphatic rings. The van der Waals surface area contributed by atoms with Crippen molar-refractivity contribution in [1.82, 2.24) is 14.9 Å². The molecule has 9 nitrogen and oxygen atoms in total. The molecule has 0 radical (unpaired) electrons. The van der Waals surface area contributed by atoms with Gasteiger partial charge in [0.05, 0.1) is 5.39 Å². The number of likely N-dealkylation sites (N-methyl/N-ethyl adjacent to an activating group) is 1. The highest BCUT2D eigenvalue weighted by Crippen LogP contribution is 2.38. The number of ether oxygens (including phenoxy) is 1. The van der Waals surface area contributed by atoms with Crippen LogP contribution in [0.1, 0.15) is 6.92 Å². The maximum Gasteiger partial charge on any atom is 0.573 e. The molecule has 0 atom stereocenters. The van der Waals surface area contributed by atoms with Gasteiger partial charge in [-0.2, -0.15) is 26.3 Å². The Kier molecular flexibility index (Phi) is 11.3. The summed E-state index contributed by atoms with van der Waals surface area (Å²) in [6, 6.07) is 5.92. The lowest BCUT2D eigenvalue weighted by atomic mass is 10.1. The zero-order valence-electron chi connectivity index (χ0n) is 21.2. The second-order valence-electron chi connectivity index (χ2n) is 8.13. The van der Waals surface area contributed by atoms with Crippen molar-refractivity contribution >= 4 is 39.3 Å². The van der Waals surface area contributed by atoms with Crippen molar-refractivity contribution in [2.75, 3.05) is 37.6 Å². The first-order valence-corrected chi connectivity index (χ1v) is 12.4. The third-order valence-corrected chi connectivity index (χ3v) is 6.24. The van der Waals surface area contributed by atoms with Gasteiger partial charge < -0.3 is 24.7 Å². The fourth-order valence-electron chi connectivity index (χ4n) is 3.42. The zero-order chi connectivity index (χ0) is 31.9. The number of halogens is 9. The van der Waals surface area contributed by atoms with Gasteiger partial charge >= 0.3 is 30.7 Å². The van der Waals surface area contributed by atoms with E-state index >= 15 is 0 Å². The molecule has 3 aromatic rings. The summed E-state index contributed by atoms with van der Waals surface area (Å²) in [5, 5.41) is 17.2. The molecule has 1 aromatic carbocycles. The highest BCUT2D eigenvalue weighted by molar-refractivity contribution is 7.17. The highest BCUT2D eigenvalue weighted by Gasteiger charge is 2.39. The predicted molar refractivity (Wildman–Crippen MR) is 131 cm³/mol. The normalized spacial score (nSPS) is 14.4. The van der Waals surface area contributed by atoms with Crippen molar-refractivity contribution < 1.29 is 64.1 Å². The molecule has 0 bridgehead atoms. The van der Waals surface area contributed by atoms with Crippen LogP contribution >= 0.6 is 11.3 Å². The summed E-state index contributed by atoms with van der Waals surface area (Å²) in [6.45, 7) is 6.90. The van der Waals surface area contributed by atoms with Crippen LogP contribution in [0.15, 0.2) is 36.0 Å². The number of hydrogen-bond acceptors (Lipinski definition) is 8. The monoisotopic (exact) mass is 636 g/mol. The van der Waals surface area contributed by atoms with E-state index < -0.39 is 30.7 Å². The molecule has 2 aromatic heterocycles. The van der Waals surface area contributed by atoms with Crippen LogP contribution in [0.3, 0.4) is 0 Å². The molecule has 3 heterocycles. The Labute approximate surface area is 234 Å². The van der Waals surface area contributed by atoms with Gasteiger partial charge in [-0.1, -0.05) is 19.1 Å². The molecule has 1 aliphatic heterocycles. The number of fused-ring (bicyclic) bond motifs is 1. The number of piperazine rings is 1. The Morgan fingerprint density at radius 3 is 1.81 bits per heavy atom. The standard InChI is InChI=1S/C19H19F3N4OS.2C2HF3O2/c1-2-25-7-9-26(10-8-25)17-16-15(11-28-18(16)24-12-23-17)13-3-5-14(6-4-13)27-19(20,21)22;2*3-2(4,5)1(6)7/h3-6,11-12H,2,7-10H2,1H3;2*(H,6,7). The summed E-state index contributed by atoms with van der Waals surface area (Å²) >= 11 is 1.51. The van der Waals surface area contributed by atoms with Crippen molar-refractivity contribution in [1.29, 1.82) is 0 Å². The molecule has 0 saturated carbocycles. The Hall–Kier alpha value is -3.87. The molecule has 0 aliphatic carbocycles. The number of hydrogen-bond donors (Lipinski definition) is 2. The minimum Gasteiger partial charge on any atom is -0.475 e. The van der Waals surface area contributed by atoms with E-state index in [0.717, 1.165) is 59.9 Å². The van der Waals surface area contributed by atoms with Gasteiger partial charge in [0.2, 0.25) is 0 Å². The molecule has 42 heavy (non-hydrogen) atoms. The number of rotatable bonds is 4. The first kappa shape index (κ1) is 34.3. The summed E-state index contributed by atoms with van der Waals surface area (Å²) in [4.78, 5) is 32.2. The van der Waals surface area contributed by atoms with Gasteiger partial charge in [-0.3, -0.25) is 0 Å². The van der Waals surface area contributed by atoms with E-state index in [1.165, 1.54) is 23.5 Å². The number of aliphatic carboxylic acids is 2. The molecule has 1 saturated heterocycles. The van der Waals surface area contributed by atoms with Gasteiger partial charge in [0.15, 0.2) is 0 Å². The smallest absolute Gasteiger partial charge is 0.475 e. The van der Waals surface area contributed by atoms with Crippen LogP contribution < -0.4 is 9.64 Å². The van der Waals surface area contributed by atoms with Gasteiger partial charge in [-0.05, 0) is 24.2 Å². The van der Waals surface area contributed by atoms with E-state index in [-0.39, 0.29) is 5.75 Å². The second-order valence-corrected chi connectivity index (χ2v) is 8.98. The van der Waals surface area contributed by atoms with E-state index in [2.05, 4.69) is 31.4 Å². The lowest BCUT2D eigenvalue weighted by Gasteiger charge is -2.35. The van der Waals surface area contributed by atoms with E-state index in [1.54, 1.807) is 18.5 Å². The summed E-state index contributed by atoms with van der Waals surface area (Å²) in [5.74, 6) is -4.87. The number of alkyl halides is 9. The van der Waals surface area contributed by atoms with Gasteiger partial charge in [-0.25, -0.2) is 19.6 Å². The number of carboxylic acid groups (broad SMARTS) is 2. The predicted octanol–water partition coefficient (Wildman–Crippen LogP) is 5.67. The maximum atomic E-state index is 12.4. The summed E-state index contributed by atoms with van der Waals surface area (Å²) in [6.07, 6.45) is -13.3. The Bertz CT molecular complexity index is 1310. The van der Waals surface area contributed by atoms with E-state index in [1.807, 2.05) is 5.38 Å². The summed E-state index contributed by atoms with van der Waals surface area (Å²) in [5.41, 5.74) is 1.73. The number of thiophene rings is 1. The molecular formula is C23H21F9N4O5S. The summed E-state index contributed by atoms with van der Waals surface area (Å²) in [7, 11) is 0. The van der Waals surface area contributed by atoms with Crippen LogP contribution in [0.5, 0.6) is 5.75 Å². The van der Waals surface area contributed by atoms with Crippen LogP contribution in [0, 0.1) is 0 Å². The average Bonchev–Trinajstić information content (AvgIpc) is 3.32. The topological polar surface area (TPSA) is 116 Å². The van der Waals surface area contributed by atoms with Crippen LogP contribution in [-0.2, 0) is 9.59 Å². The lowest BCUT2D eigenvalue weighted by molar-refractivity contribution is -0.274. The number of benzene rings is 1. The minimum atomic E-state index is -5.08. The largest absolute Gasteiger partial charge is 0.573 e. The van der Waals surface area contributed by atoms with Crippen LogP contribution in [0.2, 0.25) is 0 Å². The molecular weight excluding hydrogens is 615 g/mol. The van der Waals surface area contributed by atoms with Crippen LogP contribution in [0.4, 0.5) is 45.3 Å². The molecule has 2 N–H and O–H groups in total. The van der Waals surface area contributed by atoms with Gasteiger partial charge in [-0.15, -0.1) is 24.5 Å². The van der Waals surface area contributed by atoms with Crippen molar-refractivity contribution in [3.8, 4) is 16.9 Å². The molecule has 19 heteroatoms. The quantitative estimate of drug-likeness (QED) is 0.350. The Balaban J connectivity index is 0.000000367. The van der Waals surface area contributed by atoms with Crippen molar-refractivity contribution in [3.63, 3.8) is 0 Å². The summed E-state index contributed by atoms with van der Waals surface area (Å²) < 4.78 is 105. The maximum absolute atomic E-state index is 12.4. The fourth-order valence-corrected chi connectivity index (χ4v) is 4.33. The lowest BCUT2D eigenvalue weighted by Crippen LogP contribution is -2.46. The SMILES string of the molecule is CCN1CCN(c2ncnc3scc(-c4ccc(OC(F)(F)F)cc4)c23)CC1.O=C(O)C(F)(F)F.O=C(O)C(F)(F)F. The van der Waals surface area contributed by atoms with E-state index in [0.29, 0.717) is 0 Å². The molecule has 1 fully saturated rings. The molecule has 232 valence electrons. The fraction of sp³-hybridized carbons (Fsp3) is 0.391. The third kappa shape index (κ3) is 10.2. The number of carboxylic acids is 2. The van der Waals surface area contributed by atoms with Gasteiger partial charge in [0.25, 0.3) is 0 Å². The van der Waals surface area contributed by atoms with Crippen LogP contribution in [0.25, 0.3) is 21.3 Å². The number of nitrogens with zero attached hydrogens (tertiary/aromatic N) is 4. The van der Waals surface area contributed by atoms with Crippen molar-refractivity contribution in [2.24, 2.45) is 0 Å². The van der Waals surface area contributed by atoms with Gasteiger partial charge in [0.1, 0.15) is 22.7 Å². The first-order valence-electron chi connectivity index (χ1n) is 11.5. The second kappa shape index (κ2) is 13.9. The van der Waals surface area contributed by atoms with E-state index in [4.69, 9.17) is 19.8 Å². The Morgan fingerprint density at radius 2 is 1.38 bits per heavy atom. The van der Waals surface area contributed by atoms with E-state index in [9.17, 15) is 39.5 Å². The molecule has 4 rings (SSSR count). The minimum absolute atomic E-state index is 0.233. The van der Waals surface area contributed by atoms with Gasteiger partial charge in [0, 0.05) is 37.1 Å². The number of carbonyl (C=O) groups is 2. The number of aromatic nitrogens is 2.